The molecule has 28 heavy (non-hydrogen) atoms. The van der Waals surface area contributed by atoms with E-state index in [1.54, 1.807) is 31.1 Å². The number of urea groups is 1. The SMILES string of the molecule is CN(C)C(=O)NC1CCc2c(c3cc(N)ccc3n2Cc2cccc(F)c2)C1. The Morgan fingerprint density at radius 3 is 2.86 bits per heavy atom. The topological polar surface area (TPSA) is 63.3 Å². The Balaban J connectivity index is 1.73. The molecule has 1 aliphatic rings. The molecule has 3 N–H and O–H groups in total. The number of halogens is 1. The second-order valence-corrected chi connectivity index (χ2v) is 7.70. The molecule has 2 amide bonds. The van der Waals surface area contributed by atoms with Gasteiger partial charge in [0.2, 0.25) is 0 Å². The van der Waals surface area contributed by atoms with Gasteiger partial charge in [-0.25, -0.2) is 9.18 Å². The molecule has 2 aromatic carbocycles. The standard InChI is InChI=1S/C22H25FN4O/c1-26(2)22(28)25-17-7-9-21-19(12-17)18-11-16(24)6-8-20(18)27(21)13-14-4-3-5-15(23)10-14/h3-6,8,10-11,17H,7,9,12-13,24H2,1-2H3,(H,25,28). The summed E-state index contributed by atoms with van der Waals surface area (Å²) in [5.74, 6) is -0.224. The fourth-order valence-electron chi connectivity index (χ4n) is 4.09. The molecular formula is C22H25FN4O. The molecule has 0 bridgehead atoms. The Labute approximate surface area is 163 Å². The maximum atomic E-state index is 13.7. The van der Waals surface area contributed by atoms with E-state index in [9.17, 15) is 9.18 Å². The van der Waals surface area contributed by atoms with Gasteiger partial charge < -0.3 is 20.5 Å². The van der Waals surface area contributed by atoms with E-state index in [4.69, 9.17) is 5.73 Å². The first-order valence-corrected chi connectivity index (χ1v) is 9.54. The molecule has 146 valence electrons. The number of rotatable bonds is 3. The van der Waals surface area contributed by atoms with Crippen LogP contribution in [0, 0.1) is 5.82 Å². The molecule has 4 rings (SSSR count). The van der Waals surface area contributed by atoms with Crippen molar-refractivity contribution >= 4 is 22.6 Å². The van der Waals surface area contributed by atoms with Crippen LogP contribution in [0.1, 0.15) is 23.2 Å². The number of fused-ring (bicyclic) bond motifs is 3. The number of amides is 2. The highest BCUT2D eigenvalue weighted by Crippen LogP contribution is 2.34. The molecule has 0 spiro atoms. The van der Waals surface area contributed by atoms with Crippen molar-refractivity contribution in [1.82, 2.24) is 14.8 Å². The highest BCUT2D eigenvalue weighted by atomic mass is 19.1. The lowest BCUT2D eigenvalue weighted by atomic mass is 9.91. The number of nitrogens with zero attached hydrogens (tertiary/aromatic N) is 2. The Morgan fingerprint density at radius 2 is 2.11 bits per heavy atom. The Hall–Kier alpha value is -3.02. The van der Waals surface area contributed by atoms with Crippen LogP contribution in [0.15, 0.2) is 42.5 Å². The van der Waals surface area contributed by atoms with Gasteiger partial charge in [0, 0.05) is 49.0 Å². The molecule has 0 fully saturated rings. The Morgan fingerprint density at radius 1 is 1.29 bits per heavy atom. The van der Waals surface area contributed by atoms with E-state index in [0.29, 0.717) is 6.54 Å². The van der Waals surface area contributed by atoms with E-state index < -0.39 is 0 Å². The average molecular weight is 380 g/mol. The number of anilines is 1. The summed E-state index contributed by atoms with van der Waals surface area (Å²) in [6.45, 7) is 0.613. The van der Waals surface area contributed by atoms with Gasteiger partial charge in [-0.05, 0) is 60.7 Å². The van der Waals surface area contributed by atoms with Crippen molar-refractivity contribution in [2.24, 2.45) is 0 Å². The van der Waals surface area contributed by atoms with Crippen LogP contribution in [-0.4, -0.2) is 35.6 Å². The molecule has 1 atom stereocenters. The van der Waals surface area contributed by atoms with Crippen molar-refractivity contribution in [1.29, 1.82) is 0 Å². The summed E-state index contributed by atoms with van der Waals surface area (Å²) in [6, 6.07) is 12.7. The highest BCUT2D eigenvalue weighted by Gasteiger charge is 2.27. The molecule has 3 aromatic rings. The number of nitrogen functional groups attached to an aromatic ring is 1. The lowest BCUT2D eigenvalue weighted by Crippen LogP contribution is -2.44. The third-order valence-corrected chi connectivity index (χ3v) is 5.45. The number of hydrogen-bond donors (Lipinski definition) is 2. The second kappa shape index (κ2) is 7.19. The van der Waals surface area contributed by atoms with Gasteiger partial charge in [-0.2, -0.15) is 0 Å². The first-order valence-electron chi connectivity index (χ1n) is 9.54. The van der Waals surface area contributed by atoms with E-state index >= 15 is 0 Å². The largest absolute Gasteiger partial charge is 0.399 e. The van der Waals surface area contributed by atoms with Crippen LogP contribution >= 0.6 is 0 Å². The van der Waals surface area contributed by atoms with Crippen LogP contribution in [0.25, 0.3) is 10.9 Å². The number of benzene rings is 2. The summed E-state index contributed by atoms with van der Waals surface area (Å²) in [5, 5.41) is 4.22. The number of hydrogen-bond acceptors (Lipinski definition) is 2. The molecule has 1 heterocycles. The summed E-state index contributed by atoms with van der Waals surface area (Å²) < 4.78 is 15.9. The fraction of sp³-hybridized carbons (Fsp3) is 0.318. The maximum absolute atomic E-state index is 13.7. The minimum Gasteiger partial charge on any atom is -0.399 e. The zero-order valence-electron chi connectivity index (χ0n) is 16.2. The Bertz CT molecular complexity index is 1040. The van der Waals surface area contributed by atoms with Gasteiger partial charge in [0.1, 0.15) is 5.82 Å². The van der Waals surface area contributed by atoms with Crippen molar-refractivity contribution in [3.05, 3.63) is 65.1 Å². The van der Waals surface area contributed by atoms with Crippen LogP contribution in [0.3, 0.4) is 0 Å². The lowest BCUT2D eigenvalue weighted by molar-refractivity contribution is 0.211. The first-order chi connectivity index (χ1) is 13.4. The minimum atomic E-state index is -0.224. The van der Waals surface area contributed by atoms with Crippen molar-refractivity contribution in [3.8, 4) is 0 Å². The molecule has 6 heteroatoms. The number of aromatic nitrogens is 1. The molecule has 0 saturated heterocycles. The first kappa shape index (κ1) is 18.3. The zero-order valence-corrected chi connectivity index (χ0v) is 16.2. The van der Waals surface area contributed by atoms with Crippen LogP contribution in [-0.2, 0) is 19.4 Å². The smallest absolute Gasteiger partial charge is 0.317 e. The van der Waals surface area contributed by atoms with Gasteiger partial charge in [0.05, 0.1) is 0 Å². The molecule has 1 aromatic heterocycles. The molecule has 0 saturated carbocycles. The summed E-state index contributed by atoms with van der Waals surface area (Å²) >= 11 is 0. The molecular weight excluding hydrogens is 355 g/mol. The van der Waals surface area contributed by atoms with Crippen LogP contribution in [0.2, 0.25) is 0 Å². The van der Waals surface area contributed by atoms with Gasteiger partial charge in [-0.3, -0.25) is 0 Å². The fourth-order valence-corrected chi connectivity index (χ4v) is 4.09. The Kier molecular flexibility index (Phi) is 4.71. The lowest BCUT2D eigenvalue weighted by Gasteiger charge is -2.26. The van der Waals surface area contributed by atoms with Gasteiger partial charge >= 0.3 is 6.03 Å². The predicted octanol–water partition coefficient (Wildman–Crippen LogP) is 3.54. The summed E-state index contributed by atoms with van der Waals surface area (Å²) in [7, 11) is 3.49. The summed E-state index contributed by atoms with van der Waals surface area (Å²) in [6.07, 6.45) is 2.50. The molecule has 0 radical (unpaired) electrons. The predicted molar refractivity (Wildman–Crippen MR) is 110 cm³/mol. The minimum absolute atomic E-state index is 0.0727. The van der Waals surface area contributed by atoms with Crippen LogP contribution in [0.5, 0.6) is 0 Å². The zero-order chi connectivity index (χ0) is 19.8. The normalized spacial score (nSPS) is 16.0. The van der Waals surface area contributed by atoms with Crippen molar-refractivity contribution in [2.75, 3.05) is 19.8 Å². The molecule has 0 aliphatic heterocycles. The number of carbonyl (C=O) groups excluding carboxylic acids is 1. The number of carbonyl (C=O) groups is 1. The van der Waals surface area contributed by atoms with Crippen molar-refractivity contribution in [2.45, 2.75) is 31.8 Å². The van der Waals surface area contributed by atoms with Crippen molar-refractivity contribution in [3.63, 3.8) is 0 Å². The second-order valence-electron chi connectivity index (χ2n) is 7.70. The number of nitrogens with one attached hydrogen (secondary N) is 1. The maximum Gasteiger partial charge on any atom is 0.317 e. The third kappa shape index (κ3) is 3.42. The van der Waals surface area contributed by atoms with Gasteiger partial charge in [-0.1, -0.05) is 12.1 Å². The van der Waals surface area contributed by atoms with E-state index in [1.165, 1.54) is 17.3 Å². The molecule has 1 aliphatic carbocycles. The summed E-state index contributed by atoms with van der Waals surface area (Å²) in [5.41, 5.74) is 11.3. The van der Waals surface area contributed by atoms with Gasteiger partial charge in [0.25, 0.3) is 0 Å². The van der Waals surface area contributed by atoms with E-state index in [1.807, 2.05) is 24.3 Å². The molecule has 1 unspecified atom stereocenters. The van der Waals surface area contributed by atoms with Gasteiger partial charge in [0.15, 0.2) is 0 Å². The third-order valence-electron chi connectivity index (χ3n) is 5.45. The van der Waals surface area contributed by atoms with E-state index in [2.05, 4.69) is 9.88 Å². The van der Waals surface area contributed by atoms with E-state index in [-0.39, 0.29) is 17.9 Å². The van der Waals surface area contributed by atoms with Crippen LogP contribution in [0.4, 0.5) is 14.9 Å². The van der Waals surface area contributed by atoms with Crippen molar-refractivity contribution < 1.29 is 9.18 Å². The quantitative estimate of drug-likeness (QED) is 0.683. The average Bonchev–Trinajstić information content (AvgIpc) is 2.94. The highest BCUT2D eigenvalue weighted by molar-refractivity contribution is 5.89. The van der Waals surface area contributed by atoms with E-state index in [0.717, 1.165) is 41.4 Å². The monoisotopic (exact) mass is 380 g/mol. The summed E-state index contributed by atoms with van der Waals surface area (Å²) in [4.78, 5) is 13.6. The molecule has 5 nitrogen and oxygen atoms in total. The van der Waals surface area contributed by atoms with Gasteiger partial charge in [-0.15, -0.1) is 0 Å². The van der Waals surface area contributed by atoms with Crippen LogP contribution < -0.4 is 11.1 Å². The number of nitrogens with two attached hydrogens (primary N) is 1.